The van der Waals surface area contributed by atoms with Crippen LogP contribution in [0.1, 0.15) is 31.7 Å². The number of aromatic nitrogens is 2. The first kappa shape index (κ1) is 15.0. The number of imide groups is 1. The summed E-state index contributed by atoms with van der Waals surface area (Å²) < 4.78 is 0. The van der Waals surface area contributed by atoms with Crippen LogP contribution in [0.25, 0.3) is 0 Å². The number of anilines is 1. The SMILES string of the molecule is CCC1(C)NC(=O)N(CC(=O)Nc2c(C)n[nH]c2C)C1=O. The van der Waals surface area contributed by atoms with Gasteiger partial charge in [-0.1, -0.05) is 6.92 Å². The summed E-state index contributed by atoms with van der Waals surface area (Å²) in [5.41, 5.74) is 1.01. The molecular formula is C13H19N5O3. The molecule has 1 unspecified atom stereocenters. The van der Waals surface area contributed by atoms with E-state index in [-0.39, 0.29) is 12.5 Å². The maximum Gasteiger partial charge on any atom is 0.325 e. The number of carbonyl (C=O) groups excluding carboxylic acids is 3. The molecule has 1 aliphatic rings. The zero-order chi connectivity index (χ0) is 15.8. The minimum atomic E-state index is -0.932. The van der Waals surface area contributed by atoms with E-state index in [0.29, 0.717) is 17.8 Å². The number of hydrogen-bond acceptors (Lipinski definition) is 4. The van der Waals surface area contributed by atoms with Crippen molar-refractivity contribution in [3.63, 3.8) is 0 Å². The summed E-state index contributed by atoms with van der Waals surface area (Å²) in [7, 11) is 0. The third kappa shape index (κ3) is 2.61. The second-order valence-corrected chi connectivity index (χ2v) is 5.36. The molecule has 0 saturated carbocycles. The predicted molar refractivity (Wildman–Crippen MR) is 75.6 cm³/mol. The van der Waals surface area contributed by atoms with Crippen molar-refractivity contribution in [2.75, 3.05) is 11.9 Å². The average Bonchev–Trinajstić information content (AvgIpc) is 2.85. The monoisotopic (exact) mass is 293 g/mol. The lowest BCUT2D eigenvalue weighted by Gasteiger charge is -2.19. The first-order valence-electron chi connectivity index (χ1n) is 6.74. The number of aromatic amines is 1. The summed E-state index contributed by atoms with van der Waals surface area (Å²) in [6, 6.07) is -0.542. The Morgan fingerprint density at radius 3 is 2.52 bits per heavy atom. The normalized spacial score (nSPS) is 21.6. The van der Waals surface area contributed by atoms with Crippen LogP contribution in [0.4, 0.5) is 10.5 Å². The quantitative estimate of drug-likeness (QED) is 0.710. The van der Waals surface area contributed by atoms with Gasteiger partial charge in [0.1, 0.15) is 12.1 Å². The largest absolute Gasteiger partial charge is 0.325 e. The molecule has 1 atom stereocenters. The van der Waals surface area contributed by atoms with Crippen LogP contribution in [0.3, 0.4) is 0 Å². The van der Waals surface area contributed by atoms with Crippen molar-refractivity contribution in [3.05, 3.63) is 11.4 Å². The second-order valence-electron chi connectivity index (χ2n) is 5.36. The van der Waals surface area contributed by atoms with Gasteiger partial charge < -0.3 is 10.6 Å². The minimum absolute atomic E-state index is 0.315. The lowest BCUT2D eigenvalue weighted by Crippen LogP contribution is -2.44. The van der Waals surface area contributed by atoms with Gasteiger partial charge in [0.25, 0.3) is 5.91 Å². The first-order chi connectivity index (χ1) is 9.78. The zero-order valence-corrected chi connectivity index (χ0v) is 12.5. The van der Waals surface area contributed by atoms with Crippen LogP contribution in [0, 0.1) is 13.8 Å². The van der Waals surface area contributed by atoms with Crippen LogP contribution in [0.2, 0.25) is 0 Å². The van der Waals surface area contributed by atoms with Gasteiger partial charge in [-0.05, 0) is 27.2 Å². The van der Waals surface area contributed by atoms with Crippen molar-refractivity contribution in [1.29, 1.82) is 0 Å². The number of nitrogens with zero attached hydrogens (tertiary/aromatic N) is 2. The van der Waals surface area contributed by atoms with Gasteiger partial charge in [-0.15, -0.1) is 0 Å². The fourth-order valence-corrected chi connectivity index (χ4v) is 2.19. The Bertz CT molecular complexity index is 589. The Hall–Kier alpha value is -2.38. The number of H-pyrrole nitrogens is 1. The molecule has 2 heterocycles. The molecule has 0 aliphatic carbocycles. The van der Waals surface area contributed by atoms with E-state index in [9.17, 15) is 14.4 Å². The minimum Gasteiger partial charge on any atom is -0.323 e. The number of nitrogens with one attached hydrogen (secondary N) is 3. The van der Waals surface area contributed by atoms with Crippen LogP contribution in [-0.4, -0.2) is 45.0 Å². The highest BCUT2D eigenvalue weighted by Crippen LogP contribution is 2.21. The molecule has 3 N–H and O–H groups in total. The van der Waals surface area contributed by atoms with Crippen molar-refractivity contribution in [1.82, 2.24) is 20.4 Å². The second kappa shape index (κ2) is 5.19. The molecule has 1 aliphatic heterocycles. The van der Waals surface area contributed by atoms with E-state index < -0.39 is 17.5 Å². The van der Waals surface area contributed by atoms with Gasteiger partial charge in [-0.25, -0.2) is 4.79 Å². The fourth-order valence-electron chi connectivity index (χ4n) is 2.19. The molecule has 0 bridgehead atoms. The van der Waals surface area contributed by atoms with E-state index in [1.54, 1.807) is 27.7 Å². The van der Waals surface area contributed by atoms with E-state index in [4.69, 9.17) is 0 Å². The van der Waals surface area contributed by atoms with Crippen LogP contribution in [-0.2, 0) is 9.59 Å². The number of aryl methyl sites for hydroxylation is 2. The van der Waals surface area contributed by atoms with Crippen LogP contribution in [0.5, 0.6) is 0 Å². The van der Waals surface area contributed by atoms with Gasteiger partial charge in [0.15, 0.2) is 0 Å². The van der Waals surface area contributed by atoms with Gasteiger partial charge in [0.05, 0.1) is 17.1 Å². The summed E-state index contributed by atoms with van der Waals surface area (Å²) in [4.78, 5) is 37.0. The maximum atomic E-state index is 12.2. The molecule has 1 aromatic rings. The van der Waals surface area contributed by atoms with Crippen LogP contribution in [0.15, 0.2) is 0 Å². The third-order valence-corrected chi connectivity index (χ3v) is 3.75. The smallest absolute Gasteiger partial charge is 0.323 e. The Morgan fingerprint density at radius 1 is 1.38 bits per heavy atom. The number of rotatable bonds is 4. The van der Waals surface area contributed by atoms with Crippen molar-refractivity contribution >= 4 is 23.5 Å². The molecule has 1 aromatic heterocycles. The van der Waals surface area contributed by atoms with Gasteiger partial charge in [0, 0.05) is 0 Å². The standard InChI is InChI=1S/C13H19N5O3/c1-5-13(4)11(20)18(12(21)15-13)6-9(19)14-10-7(2)16-17-8(10)3/h5-6H2,1-4H3,(H,14,19)(H,15,21)(H,16,17). The number of urea groups is 1. The molecule has 21 heavy (non-hydrogen) atoms. The summed E-state index contributed by atoms with van der Waals surface area (Å²) in [6.45, 7) is 6.66. The van der Waals surface area contributed by atoms with Gasteiger partial charge in [-0.2, -0.15) is 5.10 Å². The zero-order valence-electron chi connectivity index (χ0n) is 12.5. The highest BCUT2D eigenvalue weighted by Gasteiger charge is 2.46. The highest BCUT2D eigenvalue weighted by atomic mass is 16.2. The van der Waals surface area contributed by atoms with E-state index >= 15 is 0 Å². The van der Waals surface area contributed by atoms with Gasteiger partial charge in [0.2, 0.25) is 5.91 Å². The Kier molecular flexibility index (Phi) is 3.71. The molecular weight excluding hydrogens is 274 g/mol. The summed E-state index contributed by atoms with van der Waals surface area (Å²) in [6.07, 6.45) is 0.468. The molecule has 0 radical (unpaired) electrons. The number of amides is 4. The van der Waals surface area contributed by atoms with E-state index in [1.807, 2.05) is 0 Å². The molecule has 8 heteroatoms. The molecule has 114 valence electrons. The number of hydrogen-bond donors (Lipinski definition) is 3. The van der Waals surface area contributed by atoms with Gasteiger partial charge in [-0.3, -0.25) is 19.6 Å². The molecule has 1 saturated heterocycles. The Labute approximate surface area is 122 Å². The van der Waals surface area contributed by atoms with E-state index in [0.717, 1.165) is 10.6 Å². The van der Waals surface area contributed by atoms with Crippen LogP contribution >= 0.6 is 0 Å². The lowest BCUT2D eigenvalue weighted by molar-refractivity contribution is -0.133. The van der Waals surface area contributed by atoms with E-state index in [1.165, 1.54) is 0 Å². The summed E-state index contributed by atoms with van der Waals surface area (Å²) >= 11 is 0. The molecule has 0 spiro atoms. The third-order valence-electron chi connectivity index (χ3n) is 3.75. The number of carbonyl (C=O) groups is 3. The van der Waals surface area contributed by atoms with Crippen LogP contribution < -0.4 is 10.6 Å². The van der Waals surface area contributed by atoms with Crippen molar-refractivity contribution in [2.24, 2.45) is 0 Å². The summed E-state index contributed by atoms with van der Waals surface area (Å²) in [5, 5.41) is 12.0. The molecule has 8 nitrogen and oxygen atoms in total. The Balaban J connectivity index is 2.07. The molecule has 2 rings (SSSR count). The van der Waals surface area contributed by atoms with Gasteiger partial charge >= 0.3 is 6.03 Å². The first-order valence-corrected chi connectivity index (χ1v) is 6.74. The molecule has 0 aromatic carbocycles. The average molecular weight is 293 g/mol. The highest BCUT2D eigenvalue weighted by molar-refractivity contribution is 6.09. The lowest BCUT2D eigenvalue weighted by atomic mass is 9.99. The van der Waals surface area contributed by atoms with Crippen molar-refractivity contribution in [2.45, 2.75) is 39.7 Å². The van der Waals surface area contributed by atoms with Crippen molar-refractivity contribution < 1.29 is 14.4 Å². The summed E-state index contributed by atoms with van der Waals surface area (Å²) in [5.74, 6) is -0.822. The Morgan fingerprint density at radius 2 is 2.05 bits per heavy atom. The van der Waals surface area contributed by atoms with Crippen molar-refractivity contribution in [3.8, 4) is 0 Å². The maximum absolute atomic E-state index is 12.2. The molecule has 1 fully saturated rings. The fraction of sp³-hybridized carbons (Fsp3) is 0.538. The predicted octanol–water partition coefficient (Wildman–Crippen LogP) is 0.686. The topological polar surface area (TPSA) is 107 Å². The van der Waals surface area contributed by atoms with E-state index in [2.05, 4.69) is 20.8 Å². The molecule has 4 amide bonds.